The van der Waals surface area contributed by atoms with Gasteiger partial charge in [-0.25, -0.2) is 4.68 Å². The van der Waals surface area contributed by atoms with Gasteiger partial charge < -0.3 is 15.4 Å². The lowest BCUT2D eigenvalue weighted by atomic mass is 9.80. The normalized spacial score (nSPS) is 19.8. The number of benzene rings is 1. The molecular weight excluding hydrogens is 388 g/mol. The summed E-state index contributed by atoms with van der Waals surface area (Å²) in [6.07, 6.45) is 11.2. The number of aliphatic imine (C=N–C) groups is 1. The average molecular weight is 425 g/mol. The van der Waals surface area contributed by atoms with Gasteiger partial charge in [0, 0.05) is 51.2 Å². The molecule has 0 atom stereocenters. The summed E-state index contributed by atoms with van der Waals surface area (Å²) in [6, 6.07) is 10.5. The molecule has 7 heteroatoms. The molecule has 0 radical (unpaired) electrons. The third kappa shape index (κ3) is 5.66. The largest absolute Gasteiger partial charge is 0.379 e. The van der Waals surface area contributed by atoms with Crippen molar-refractivity contribution in [1.29, 1.82) is 0 Å². The molecule has 7 nitrogen and oxygen atoms in total. The zero-order chi connectivity index (χ0) is 21.4. The number of morpholine rings is 1. The van der Waals surface area contributed by atoms with Gasteiger partial charge in [0.1, 0.15) is 0 Å². The fraction of sp³-hybridized carbons (Fsp3) is 0.583. The third-order valence-electron chi connectivity index (χ3n) is 6.69. The van der Waals surface area contributed by atoms with Crippen LogP contribution in [0.15, 0.2) is 47.7 Å². The molecule has 4 rings (SSSR count). The van der Waals surface area contributed by atoms with Crippen molar-refractivity contribution in [3.8, 4) is 5.69 Å². The molecule has 2 aromatic rings. The van der Waals surface area contributed by atoms with E-state index in [1.807, 2.05) is 24.0 Å². The summed E-state index contributed by atoms with van der Waals surface area (Å²) in [5.41, 5.74) is 2.62. The van der Waals surface area contributed by atoms with Gasteiger partial charge in [-0.15, -0.1) is 0 Å². The molecule has 1 aromatic carbocycles. The standard InChI is InChI=1S/C24H36N6O/c1-25-23(26-14-10-21-6-8-22(9-7-21)30-15-5-13-28-30)27-20-24(11-3-2-4-12-24)29-16-18-31-19-17-29/h5-9,13,15H,2-4,10-12,14,16-20H2,1H3,(H2,25,26,27). The maximum absolute atomic E-state index is 5.60. The van der Waals surface area contributed by atoms with Crippen LogP contribution >= 0.6 is 0 Å². The number of ether oxygens (including phenoxy) is 1. The molecule has 168 valence electrons. The highest BCUT2D eigenvalue weighted by Gasteiger charge is 2.38. The highest BCUT2D eigenvalue weighted by molar-refractivity contribution is 5.79. The predicted molar refractivity (Wildman–Crippen MR) is 125 cm³/mol. The summed E-state index contributed by atoms with van der Waals surface area (Å²) < 4.78 is 7.48. The van der Waals surface area contributed by atoms with E-state index in [0.717, 1.165) is 57.5 Å². The first kappa shape index (κ1) is 21.8. The Morgan fingerprint density at radius 3 is 2.55 bits per heavy atom. The molecule has 31 heavy (non-hydrogen) atoms. The van der Waals surface area contributed by atoms with Gasteiger partial charge in [-0.1, -0.05) is 31.4 Å². The lowest BCUT2D eigenvalue weighted by Gasteiger charge is -2.48. The smallest absolute Gasteiger partial charge is 0.191 e. The van der Waals surface area contributed by atoms with Crippen LogP contribution < -0.4 is 10.6 Å². The molecule has 1 saturated heterocycles. The highest BCUT2D eigenvalue weighted by Crippen LogP contribution is 2.33. The number of guanidine groups is 1. The third-order valence-corrected chi connectivity index (χ3v) is 6.69. The van der Waals surface area contributed by atoms with Crippen LogP contribution in [0.2, 0.25) is 0 Å². The van der Waals surface area contributed by atoms with Gasteiger partial charge in [0.25, 0.3) is 0 Å². The van der Waals surface area contributed by atoms with Crippen LogP contribution in [0.1, 0.15) is 37.7 Å². The van der Waals surface area contributed by atoms with E-state index in [9.17, 15) is 0 Å². The second-order valence-electron chi connectivity index (χ2n) is 8.60. The molecule has 2 fully saturated rings. The van der Waals surface area contributed by atoms with E-state index in [4.69, 9.17) is 4.74 Å². The quantitative estimate of drug-likeness (QED) is 0.528. The van der Waals surface area contributed by atoms with Gasteiger partial charge in [-0.05, 0) is 43.0 Å². The minimum atomic E-state index is 0.238. The summed E-state index contributed by atoms with van der Waals surface area (Å²) in [4.78, 5) is 7.13. The summed E-state index contributed by atoms with van der Waals surface area (Å²) >= 11 is 0. The number of hydrogen-bond donors (Lipinski definition) is 2. The topological polar surface area (TPSA) is 66.7 Å². The molecule has 1 saturated carbocycles. The predicted octanol–water partition coefficient (Wildman–Crippen LogP) is 2.61. The van der Waals surface area contributed by atoms with Crippen molar-refractivity contribution in [2.75, 3.05) is 46.4 Å². The summed E-state index contributed by atoms with van der Waals surface area (Å²) in [5.74, 6) is 0.895. The van der Waals surface area contributed by atoms with Crippen molar-refractivity contribution in [1.82, 2.24) is 25.3 Å². The second kappa shape index (κ2) is 10.8. The molecule has 0 unspecified atom stereocenters. The van der Waals surface area contributed by atoms with Crippen molar-refractivity contribution < 1.29 is 4.74 Å². The fourth-order valence-electron chi connectivity index (χ4n) is 4.88. The Bertz CT molecular complexity index is 805. The van der Waals surface area contributed by atoms with Crippen molar-refractivity contribution in [3.63, 3.8) is 0 Å². The van der Waals surface area contributed by atoms with Gasteiger partial charge in [-0.3, -0.25) is 9.89 Å². The molecule has 2 N–H and O–H groups in total. The molecule has 1 aliphatic heterocycles. The molecule has 1 aromatic heterocycles. The lowest BCUT2D eigenvalue weighted by Crippen LogP contribution is -2.60. The van der Waals surface area contributed by atoms with Crippen LogP contribution in [-0.2, 0) is 11.2 Å². The van der Waals surface area contributed by atoms with Gasteiger partial charge in [-0.2, -0.15) is 5.10 Å². The van der Waals surface area contributed by atoms with E-state index >= 15 is 0 Å². The van der Waals surface area contributed by atoms with E-state index in [-0.39, 0.29) is 5.54 Å². The van der Waals surface area contributed by atoms with Crippen LogP contribution in [-0.4, -0.2) is 72.6 Å². The maximum Gasteiger partial charge on any atom is 0.191 e. The van der Waals surface area contributed by atoms with Crippen LogP contribution in [0.3, 0.4) is 0 Å². The first-order valence-electron chi connectivity index (χ1n) is 11.7. The van der Waals surface area contributed by atoms with Crippen LogP contribution in [0, 0.1) is 0 Å². The summed E-state index contributed by atoms with van der Waals surface area (Å²) in [6.45, 7) is 5.60. The van der Waals surface area contributed by atoms with Gasteiger partial charge in [0.05, 0.1) is 18.9 Å². The lowest BCUT2D eigenvalue weighted by molar-refractivity contribution is -0.0352. The van der Waals surface area contributed by atoms with Crippen LogP contribution in [0.4, 0.5) is 0 Å². The second-order valence-corrected chi connectivity index (χ2v) is 8.60. The van der Waals surface area contributed by atoms with Crippen LogP contribution in [0.5, 0.6) is 0 Å². The Morgan fingerprint density at radius 2 is 1.87 bits per heavy atom. The minimum Gasteiger partial charge on any atom is -0.379 e. The van der Waals surface area contributed by atoms with E-state index in [0.29, 0.717) is 0 Å². The molecule has 2 heterocycles. The first-order valence-corrected chi connectivity index (χ1v) is 11.7. The summed E-state index contributed by atoms with van der Waals surface area (Å²) in [7, 11) is 1.86. The average Bonchev–Trinajstić information content (AvgIpc) is 3.38. The minimum absolute atomic E-state index is 0.238. The Labute approximate surface area is 185 Å². The number of aromatic nitrogens is 2. The fourth-order valence-corrected chi connectivity index (χ4v) is 4.88. The molecular formula is C24H36N6O. The molecule has 0 bridgehead atoms. The molecule has 1 aliphatic carbocycles. The monoisotopic (exact) mass is 424 g/mol. The van der Waals surface area contributed by atoms with E-state index in [2.05, 4.69) is 49.9 Å². The Morgan fingerprint density at radius 1 is 1.10 bits per heavy atom. The number of rotatable bonds is 7. The van der Waals surface area contributed by atoms with E-state index in [1.54, 1.807) is 6.20 Å². The zero-order valence-electron chi connectivity index (χ0n) is 18.7. The highest BCUT2D eigenvalue weighted by atomic mass is 16.5. The van der Waals surface area contributed by atoms with Crippen molar-refractivity contribution >= 4 is 5.96 Å². The van der Waals surface area contributed by atoms with Crippen molar-refractivity contribution in [3.05, 3.63) is 48.3 Å². The van der Waals surface area contributed by atoms with Crippen molar-refractivity contribution in [2.24, 2.45) is 4.99 Å². The number of nitrogens with one attached hydrogen (secondary N) is 2. The number of nitrogens with zero attached hydrogens (tertiary/aromatic N) is 4. The Balaban J connectivity index is 1.27. The van der Waals surface area contributed by atoms with Gasteiger partial charge in [0.15, 0.2) is 5.96 Å². The van der Waals surface area contributed by atoms with Gasteiger partial charge in [0.2, 0.25) is 0 Å². The summed E-state index contributed by atoms with van der Waals surface area (Å²) in [5, 5.41) is 11.4. The molecule has 0 amide bonds. The van der Waals surface area contributed by atoms with Crippen LogP contribution in [0.25, 0.3) is 5.69 Å². The Hall–Kier alpha value is -2.38. The Kier molecular flexibility index (Phi) is 7.59. The number of hydrogen-bond acceptors (Lipinski definition) is 4. The van der Waals surface area contributed by atoms with Gasteiger partial charge >= 0.3 is 0 Å². The molecule has 0 spiro atoms. The maximum atomic E-state index is 5.60. The first-order chi connectivity index (χ1) is 15.3. The zero-order valence-corrected chi connectivity index (χ0v) is 18.7. The van der Waals surface area contributed by atoms with E-state index in [1.165, 1.54) is 37.7 Å². The SMILES string of the molecule is CN=C(NCCc1ccc(-n2cccn2)cc1)NCC1(N2CCOCC2)CCCCC1. The molecule has 2 aliphatic rings. The van der Waals surface area contributed by atoms with Crippen molar-refractivity contribution in [2.45, 2.75) is 44.1 Å². The van der Waals surface area contributed by atoms with E-state index < -0.39 is 0 Å².